The molecule has 0 unspecified atom stereocenters. The van der Waals surface area contributed by atoms with E-state index in [9.17, 15) is 18.4 Å². The maximum atomic E-state index is 13.3. The minimum Gasteiger partial charge on any atom is -0.447 e. The van der Waals surface area contributed by atoms with E-state index >= 15 is 0 Å². The Morgan fingerprint density at radius 3 is 2.68 bits per heavy atom. The monoisotopic (exact) mass is 432 g/mol. The summed E-state index contributed by atoms with van der Waals surface area (Å²) < 4.78 is 31.4. The highest BCUT2D eigenvalue weighted by molar-refractivity contribution is 6.10. The summed E-state index contributed by atoms with van der Waals surface area (Å²) >= 11 is 0. The van der Waals surface area contributed by atoms with Gasteiger partial charge in [0.05, 0.1) is 17.8 Å². The Balaban J connectivity index is 1.70. The summed E-state index contributed by atoms with van der Waals surface area (Å²) in [5, 5.41) is 3.06. The van der Waals surface area contributed by atoms with Crippen molar-refractivity contribution in [2.24, 2.45) is 0 Å². The van der Waals surface area contributed by atoms with Crippen LogP contribution >= 0.6 is 0 Å². The Kier molecular flexibility index (Phi) is 5.44. The molecule has 9 nitrogen and oxygen atoms in total. The number of pyridine rings is 2. The van der Waals surface area contributed by atoms with Crippen molar-refractivity contribution in [3.05, 3.63) is 41.1 Å². The van der Waals surface area contributed by atoms with Gasteiger partial charge in [-0.15, -0.1) is 0 Å². The molecule has 1 atom stereocenters. The molecular formula is C20H22F2N6O3. The molecule has 0 radical (unpaired) electrons. The Morgan fingerprint density at radius 1 is 1.26 bits per heavy atom. The Hall–Kier alpha value is -3.34. The molecule has 0 saturated carbocycles. The van der Waals surface area contributed by atoms with Gasteiger partial charge in [-0.3, -0.25) is 9.69 Å². The van der Waals surface area contributed by atoms with Gasteiger partial charge < -0.3 is 15.0 Å². The third-order valence-electron chi connectivity index (χ3n) is 5.23. The number of anilines is 3. The summed E-state index contributed by atoms with van der Waals surface area (Å²) in [6.45, 7) is 0.308. The lowest BCUT2D eigenvalue weighted by atomic mass is 10.1. The molecule has 1 saturated heterocycles. The number of ether oxygens (including phenoxy) is 1. The number of carbonyl (C=O) groups is 2. The first-order valence-corrected chi connectivity index (χ1v) is 9.69. The predicted molar refractivity (Wildman–Crippen MR) is 110 cm³/mol. The summed E-state index contributed by atoms with van der Waals surface area (Å²) in [5.74, 6) is 0.655. The van der Waals surface area contributed by atoms with Crippen molar-refractivity contribution in [2.75, 3.05) is 42.4 Å². The second-order valence-corrected chi connectivity index (χ2v) is 7.47. The fourth-order valence-corrected chi connectivity index (χ4v) is 3.66. The lowest BCUT2D eigenvalue weighted by Gasteiger charge is -2.22. The average Bonchev–Trinajstić information content (AvgIpc) is 3.29. The topological polar surface area (TPSA) is 90.9 Å². The van der Waals surface area contributed by atoms with Crippen LogP contribution in [0.2, 0.25) is 0 Å². The highest BCUT2D eigenvalue weighted by Gasteiger charge is 2.41. The van der Waals surface area contributed by atoms with Crippen molar-refractivity contribution in [1.29, 1.82) is 0 Å². The van der Waals surface area contributed by atoms with Gasteiger partial charge >= 0.3 is 6.09 Å². The molecule has 2 amide bonds. The summed E-state index contributed by atoms with van der Waals surface area (Å²) in [4.78, 5) is 38.3. The summed E-state index contributed by atoms with van der Waals surface area (Å²) in [6, 6.07) is 4.92. The maximum Gasteiger partial charge on any atom is 0.416 e. The molecule has 2 aromatic rings. The molecular weight excluding hydrogens is 410 g/mol. The predicted octanol–water partition coefficient (Wildman–Crippen LogP) is 2.01. The van der Waals surface area contributed by atoms with Gasteiger partial charge in [-0.1, -0.05) is 6.07 Å². The lowest BCUT2D eigenvalue weighted by Crippen LogP contribution is -2.39. The number of nitrogens with one attached hydrogen (secondary N) is 1. The molecule has 1 N–H and O–H groups in total. The number of aromatic nitrogens is 2. The van der Waals surface area contributed by atoms with E-state index in [0.717, 1.165) is 16.2 Å². The van der Waals surface area contributed by atoms with E-state index in [4.69, 9.17) is 4.74 Å². The Labute approximate surface area is 177 Å². The molecule has 164 valence electrons. The van der Waals surface area contributed by atoms with Crippen molar-refractivity contribution in [1.82, 2.24) is 15.3 Å². The lowest BCUT2D eigenvalue weighted by molar-refractivity contribution is 0.0993. The third-order valence-corrected chi connectivity index (χ3v) is 5.23. The van der Waals surface area contributed by atoms with Gasteiger partial charge in [0.15, 0.2) is 0 Å². The van der Waals surface area contributed by atoms with Gasteiger partial charge in [-0.25, -0.2) is 28.4 Å². The molecule has 4 heterocycles. The van der Waals surface area contributed by atoms with Gasteiger partial charge in [-0.2, -0.15) is 0 Å². The number of nitrogens with zero attached hydrogens (tertiary/aromatic N) is 5. The van der Waals surface area contributed by atoms with Crippen LogP contribution in [0, 0.1) is 0 Å². The number of rotatable bonds is 6. The van der Waals surface area contributed by atoms with Crippen LogP contribution in [0.25, 0.3) is 0 Å². The Morgan fingerprint density at radius 2 is 2.00 bits per heavy atom. The highest BCUT2D eigenvalue weighted by Crippen LogP contribution is 2.33. The molecule has 0 spiro atoms. The van der Waals surface area contributed by atoms with Crippen LogP contribution in [0.3, 0.4) is 0 Å². The highest BCUT2D eigenvalue weighted by atomic mass is 19.3. The number of fused-ring (bicyclic) bond motifs is 1. The van der Waals surface area contributed by atoms with Crippen LogP contribution in [-0.2, 0) is 17.8 Å². The zero-order valence-corrected chi connectivity index (χ0v) is 17.3. The van der Waals surface area contributed by atoms with Crippen molar-refractivity contribution >= 4 is 29.5 Å². The number of halogens is 2. The van der Waals surface area contributed by atoms with E-state index in [1.807, 2.05) is 19.0 Å². The van der Waals surface area contributed by atoms with E-state index in [1.165, 1.54) is 11.0 Å². The molecule has 2 aliphatic heterocycles. The van der Waals surface area contributed by atoms with Crippen LogP contribution in [0.4, 0.5) is 31.0 Å². The zero-order valence-electron chi connectivity index (χ0n) is 17.3. The zero-order chi connectivity index (χ0) is 22.3. The molecule has 4 rings (SSSR count). The second-order valence-electron chi connectivity index (χ2n) is 7.47. The van der Waals surface area contributed by atoms with E-state index in [1.54, 1.807) is 25.2 Å². The van der Waals surface area contributed by atoms with Gasteiger partial charge in [0.1, 0.15) is 30.1 Å². The van der Waals surface area contributed by atoms with Crippen molar-refractivity contribution in [3.63, 3.8) is 0 Å². The normalized spacial score (nSPS) is 18.1. The van der Waals surface area contributed by atoms with Crippen LogP contribution in [0.1, 0.15) is 21.6 Å². The van der Waals surface area contributed by atoms with Crippen molar-refractivity contribution in [3.8, 4) is 0 Å². The number of amides is 2. The SMILES string of the molecule is CNCc1nc(N(C)C)cc2c1CN(c1cccc(N3C(=O)OC[C@@H]3C(F)F)n1)C2=O. The third kappa shape index (κ3) is 3.65. The first-order chi connectivity index (χ1) is 14.8. The summed E-state index contributed by atoms with van der Waals surface area (Å²) in [5.41, 5.74) is 2.04. The molecule has 0 aromatic carbocycles. The van der Waals surface area contributed by atoms with Crippen LogP contribution in [0.15, 0.2) is 24.3 Å². The standard InChI is InChI=1S/C20H22F2N6O3/c1-23-8-13-12-9-27(19(29)11(12)7-17(24-13)26(2)3)15-5-4-6-16(25-15)28-14(18(21)22)10-31-20(28)30/h4-7,14,18,23H,8-10H2,1-3H3/t14-/m1/s1. The molecule has 1 fully saturated rings. The number of hydrogen-bond acceptors (Lipinski definition) is 7. The fourth-order valence-electron chi connectivity index (χ4n) is 3.66. The fraction of sp³-hybridized carbons (Fsp3) is 0.400. The van der Waals surface area contributed by atoms with Crippen LogP contribution < -0.4 is 20.0 Å². The summed E-state index contributed by atoms with van der Waals surface area (Å²) in [7, 11) is 5.48. The van der Waals surface area contributed by atoms with Gasteiger partial charge in [0.2, 0.25) is 0 Å². The first-order valence-electron chi connectivity index (χ1n) is 9.69. The van der Waals surface area contributed by atoms with Crippen LogP contribution in [0.5, 0.6) is 0 Å². The van der Waals surface area contributed by atoms with Crippen LogP contribution in [-0.4, -0.2) is 62.2 Å². The largest absolute Gasteiger partial charge is 0.447 e. The van der Waals surface area contributed by atoms with E-state index in [-0.39, 0.29) is 24.1 Å². The van der Waals surface area contributed by atoms with Gasteiger partial charge in [-0.05, 0) is 25.2 Å². The Bertz CT molecular complexity index is 1030. The minimum absolute atomic E-state index is 0.0108. The second kappa shape index (κ2) is 8.06. The molecule has 0 aliphatic carbocycles. The molecule has 0 bridgehead atoms. The van der Waals surface area contributed by atoms with E-state index in [0.29, 0.717) is 17.9 Å². The average molecular weight is 432 g/mol. The molecule has 2 aromatic heterocycles. The number of hydrogen-bond donors (Lipinski definition) is 1. The molecule has 31 heavy (non-hydrogen) atoms. The van der Waals surface area contributed by atoms with Crippen molar-refractivity contribution < 1.29 is 23.1 Å². The summed E-state index contributed by atoms with van der Waals surface area (Å²) in [6.07, 6.45) is -3.67. The molecule has 11 heteroatoms. The smallest absolute Gasteiger partial charge is 0.416 e. The van der Waals surface area contributed by atoms with E-state index < -0.39 is 25.2 Å². The molecule has 2 aliphatic rings. The van der Waals surface area contributed by atoms with Gasteiger partial charge in [0, 0.05) is 26.2 Å². The van der Waals surface area contributed by atoms with E-state index in [2.05, 4.69) is 15.3 Å². The number of carbonyl (C=O) groups excluding carboxylic acids is 2. The van der Waals surface area contributed by atoms with Crippen molar-refractivity contribution in [2.45, 2.75) is 25.6 Å². The number of alkyl halides is 2. The van der Waals surface area contributed by atoms with Gasteiger partial charge in [0.25, 0.3) is 12.3 Å². The number of cyclic esters (lactones) is 1. The quantitative estimate of drug-likeness (QED) is 0.747. The maximum absolute atomic E-state index is 13.3. The first kappa shape index (κ1) is 20.9. The minimum atomic E-state index is -2.78.